The summed E-state index contributed by atoms with van der Waals surface area (Å²) in [6, 6.07) is 0. The molecule has 0 aromatic rings. The summed E-state index contributed by atoms with van der Waals surface area (Å²) in [5, 5.41) is 19.4. The zero-order chi connectivity index (χ0) is 19.8. The first-order valence-corrected chi connectivity index (χ1v) is 8.11. The molecule has 0 aromatic carbocycles. The van der Waals surface area contributed by atoms with Crippen LogP contribution in [0.25, 0.3) is 0 Å². The third-order valence-electron chi connectivity index (χ3n) is 3.56. The Morgan fingerprint density at radius 1 is 0.630 bits per heavy atom. The van der Waals surface area contributed by atoms with Crippen LogP contribution in [0.15, 0.2) is 24.3 Å². The van der Waals surface area contributed by atoms with Gasteiger partial charge in [0.15, 0.2) is 12.5 Å². The van der Waals surface area contributed by atoms with Gasteiger partial charge in [-0.25, -0.2) is 9.80 Å². The predicted molar refractivity (Wildman–Crippen MR) is 86.5 cm³/mol. The Morgan fingerprint density at radius 2 is 0.926 bits per heavy atom. The van der Waals surface area contributed by atoms with Gasteiger partial charge in [-0.15, -0.1) is 0 Å². The third-order valence-corrected chi connectivity index (χ3v) is 3.56. The third kappa shape index (κ3) is 5.77. The van der Waals surface area contributed by atoms with Crippen molar-refractivity contribution >= 4 is 23.6 Å². The highest BCUT2D eigenvalue weighted by molar-refractivity contribution is 6.13. The summed E-state index contributed by atoms with van der Waals surface area (Å²) >= 11 is 0. The van der Waals surface area contributed by atoms with Gasteiger partial charge in [0.05, 0.1) is 39.6 Å². The molecule has 0 saturated heterocycles. The molecule has 0 aliphatic carbocycles. The van der Waals surface area contributed by atoms with Crippen LogP contribution in [0.2, 0.25) is 0 Å². The van der Waals surface area contributed by atoms with E-state index in [0.717, 1.165) is 24.3 Å². The molecule has 2 aliphatic heterocycles. The lowest BCUT2D eigenvalue weighted by atomic mass is 10.5. The number of carbonyl (C=O) groups excluding carboxylic acids is 4. The van der Waals surface area contributed by atoms with Crippen LogP contribution in [-0.4, -0.2) is 95.7 Å². The van der Waals surface area contributed by atoms with E-state index in [2.05, 4.69) is 0 Å². The van der Waals surface area contributed by atoms with Crippen LogP contribution in [0.1, 0.15) is 0 Å². The van der Waals surface area contributed by atoms with E-state index in [-0.39, 0.29) is 39.6 Å². The van der Waals surface area contributed by atoms with Crippen LogP contribution in [0, 0.1) is 0 Å². The number of carbonyl (C=O) groups is 4. The van der Waals surface area contributed by atoms with E-state index in [1.54, 1.807) is 0 Å². The van der Waals surface area contributed by atoms with Gasteiger partial charge in [-0.1, -0.05) is 0 Å². The van der Waals surface area contributed by atoms with E-state index in [0.29, 0.717) is 9.80 Å². The minimum Gasteiger partial charge on any atom is -0.377 e. The normalized spacial score (nSPS) is 18.9. The molecule has 27 heavy (non-hydrogen) atoms. The molecule has 0 bridgehead atoms. The second-order valence-electron chi connectivity index (χ2n) is 5.48. The minimum absolute atomic E-state index is 0.117. The Bertz CT molecular complexity index is 556. The smallest absolute Gasteiger partial charge is 0.255 e. The highest BCUT2D eigenvalue weighted by atomic mass is 16.5. The van der Waals surface area contributed by atoms with E-state index in [1.807, 2.05) is 0 Å². The van der Waals surface area contributed by atoms with E-state index in [1.165, 1.54) is 0 Å². The topological polar surface area (TPSA) is 143 Å². The fourth-order valence-electron chi connectivity index (χ4n) is 2.28. The lowest BCUT2D eigenvalue weighted by Gasteiger charge is -2.21. The van der Waals surface area contributed by atoms with Gasteiger partial charge in [0, 0.05) is 24.3 Å². The molecular weight excluding hydrogens is 364 g/mol. The summed E-state index contributed by atoms with van der Waals surface area (Å²) in [5.74, 6) is -2.39. The highest BCUT2D eigenvalue weighted by Gasteiger charge is 2.30. The quantitative estimate of drug-likeness (QED) is 0.276. The van der Waals surface area contributed by atoms with Gasteiger partial charge < -0.3 is 24.4 Å². The zero-order valence-electron chi connectivity index (χ0n) is 14.4. The molecule has 0 aromatic heterocycles. The maximum Gasteiger partial charge on any atom is 0.255 e. The van der Waals surface area contributed by atoms with Crippen molar-refractivity contribution in [3.63, 3.8) is 0 Å². The Balaban J connectivity index is 1.46. The molecule has 0 spiro atoms. The first-order chi connectivity index (χ1) is 12.9. The Labute approximate surface area is 154 Å². The molecule has 2 N–H and O–H groups in total. The van der Waals surface area contributed by atoms with Crippen molar-refractivity contribution in [3.8, 4) is 0 Å². The van der Waals surface area contributed by atoms with E-state index < -0.39 is 36.1 Å². The lowest BCUT2D eigenvalue weighted by molar-refractivity contribution is -0.153. The maximum atomic E-state index is 11.3. The number of hydrogen-bond donors (Lipinski definition) is 2. The van der Waals surface area contributed by atoms with Crippen molar-refractivity contribution in [3.05, 3.63) is 24.3 Å². The number of imide groups is 2. The number of ether oxygens (including phenoxy) is 3. The van der Waals surface area contributed by atoms with Crippen molar-refractivity contribution in [2.45, 2.75) is 12.5 Å². The molecule has 2 aliphatic rings. The van der Waals surface area contributed by atoms with Crippen molar-refractivity contribution in [2.75, 3.05) is 39.6 Å². The van der Waals surface area contributed by atoms with Crippen LogP contribution in [0.3, 0.4) is 0 Å². The van der Waals surface area contributed by atoms with Gasteiger partial charge in [0.2, 0.25) is 0 Å². The predicted octanol–water partition coefficient (Wildman–Crippen LogP) is -2.48. The standard InChI is InChI=1S/C16H20N2O9/c19-11-1-2-12(20)17(11)15(23)9-26-7-5-25-6-8-27-10-16(24)18-13(21)3-4-14(18)22/h1-4,15-16,23-24H,5-10H2. The summed E-state index contributed by atoms with van der Waals surface area (Å²) in [6.45, 7) is 0.101. The number of aliphatic hydroxyl groups is 2. The molecule has 0 radical (unpaired) electrons. The van der Waals surface area contributed by atoms with Crippen molar-refractivity contribution in [1.29, 1.82) is 0 Å². The van der Waals surface area contributed by atoms with Crippen molar-refractivity contribution < 1.29 is 43.6 Å². The summed E-state index contributed by atoms with van der Waals surface area (Å²) in [7, 11) is 0. The van der Waals surface area contributed by atoms with Crippen LogP contribution in [-0.2, 0) is 33.4 Å². The average Bonchev–Trinajstić information content (AvgIpc) is 3.14. The van der Waals surface area contributed by atoms with Gasteiger partial charge >= 0.3 is 0 Å². The highest BCUT2D eigenvalue weighted by Crippen LogP contribution is 2.08. The lowest BCUT2D eigenvalue weighted by Crippen LogP contribution is -2.43. The Hall–Kier alpha value is -2.44. The fourth-order valence-corrected chi connectivity index (χ4v) is 2.28. The largest absolute Gasteiger partial charge is 0.377 e. The number of hydrogen-bond acceptors (Lipinski definition) is 9. The molecule has 0 fully saturated rings. The zero-order valence-corrected chi connectivity index (χ0v) is 14.4. The number of amides is 4. The average molecular weight is 384 g/mol. The second kappa shape index (κ2) is 10.0. The monoisotopic (exact) mass is 384 g/mol. The van der Waals surface area contributed by atoms with E-state index in [4.69, 9.17) is 14.2 Å². The first kappa shape index (κ1) is 20.9. The SMILES string of the molecule is O=C1C=CC(=O)N1C(O)COCCOCCOCC(O)N1C(=O)C=CC1=O. The summed E-state index contributed by atoms with van der Waals surface area (Å²) in [6.07, 6.45) is 1.54. The Kier molecular flexibility index (Phi) is 7.76. The summed E-state index contributed by atoms with van der Waals surface area (Å²) in [5.41, 5.74) is 0. The van der Waals surface area contributed by atoms with Crippen LogP contribution < -0.4 is 0 Å². The van der Waals surface area contributed by atoms with Gasteiger partial charge in [-0.2, -0.15) is 0 Å². The molecule has 11 heteroatoms. The molecule has 148 valence electrons. The molecule has 2 atom stereocenters. The number of nitrogens with zero attached hydrogens (tertiary/aromatic N) is 2. The summed E-state index contributed by atoms with van der Waals surface area (Å²) < 4.78 is 15.4. The molecule has 2 rings (SSSR count). The second-order valence-corrected chi connectivity index (χ2v) is 5.48. The van der Waals surface area contributed by atoms with Crippen LogP contribution in [0.4, 0.5) is 0 Å². The number of aliphatic hydroxyl groups excluding tert-OH is 2. The number of rotatable bonds is 12. The van der Waals surface area contributed by atoms with Gasteiger partial charge in [-0.05, 0) is 0 Å². The van der Waals surface area contributed by atoms with Crippen LogP contribution >= 0.6 is 0 Å². The van der Waals surface area contributed by atoms with Crippen molar-refractivity contribution in [2.24, 2.45) is 0 Å². The molecule has 0 saturated carbocycles. The van der Waals surface area contributed by atoms with E-state index in [9.17, 15) is 29.4 Å². The van der Waals surface area contributed by atoms with Crippen LogP contribution in [0.5, 0.6) is 0 Å². The van der Waals surface area contributed by atoms with Gasteiger partial charge in [0.25, 0.3) is 23.6 Å². The first-order valence-electron chi connectivity index (χ1n) is 8.11. The van der Waals surface area contributed by atoms with Crippen molar-refractivity contribution in [1.82, 2.24) is 9.80 Å². The Morgan fingerprint density at radius 3 is 1.26 bits per heavy atom. The molecule has 2 unspecified atom stereocenters. The molecule has 11 nitrogen and oxygen atoms in total. The molecule has 4 amide bonds. The minimum atomic E-state index is -1.37. The molecular formula is C16H20N2O9. The van der Waals surface area contributed by atoms with E-state index >= 15 is 0 Å². The fraction of sp³-hybridized carbons (Fsp3) is 0.500. The van der Waals surface area contributed by atoms with Gasteiger partial charge in [-0.3, -0.25) is 19.2 Å². The maximum absolute atomic E-state index is 11.3. The van der Waals surface area contributed by atoms with Gasteiger partial charge in [0.1, 0.15) is 0 Å². The summed E-state index contributed by atoms with van der Waals surface area (Å²) in [4.78, 5) is 46.7. The molecule has 2 heterocycles.